The van der Waals surface area contributed by atoms with Gasteiger partial charge in [0.15, 0.2) is 0 Å². The fraction of sp³-hybridized carbons (Fsp3) is 0.533. The van der Waals surface area contributed by atoms with E-state index in [1.165, 1.54) is 17.5 Å². The minimum Gasteiger partial charge on any atom is -0.326 e. The number of hydrogen-bond donors (Lipinski definition) is 2. The van der Waals surface area contributed by atoms with Gasteiger partial charge >= 0.3 is 0 Å². The number of aryl methyl sites for hydroxylation is 1. The fourth-order valence-electron chi connectivity index (χ4n) is 2.90. The molecular weight excluding hydrogens is 224 g/mol. The van der Waals surface area contributed by atoms with Gasteiger partial charge in [-0.15, -0.1) is 0 Å². The maximum Gasteiger partial charge on any atom is 0.224 e. The average molecular weight is 244 g/mol. The van der Waals surface area contributed by atoms with Crippen LogP contribution in [0.1, 0.15) is 43.4 Å². The van der Waals surface area contributed by atoms with Crippen LogP contribution in [0, 0.1) is 11.8 Å². The smallest absolute Gasteiger partial charge is 0.224 e. The van der Waals surface area contributed by atoms with Crippen molar-refractivity contribution >= 4 is 11.6 Å². The SMILES string of the molecule is CC1CC1C(N)c1ccc2c(c1)CCCC(=O)N2. The van der Waals surface area contributed by atoms with E-state index in [0.717, 1.165) is 24.4 Å². The molecule has 0 bridgehead atoms. The molecule has 3 heteroatoms. The van der Waals surface area contributed by atoms with E-state index in [1.54, 1.807) is 0 Å². The van der Waals surface area contributed by atoms with Gasteiger partial charge in [-0.25, -0.2) is 0 Å². The second-order valence-electron chi connectivity index (χ2n) is 5.72. The van der Waals surface area contributed by atoms with Gasteiger partial charge in [-0.2, -0.15) is 0 Å². The van der Waals surface area contributed by atoms with Gasteiger partial charge in [-0.05, 0) is 48.3 Å². The molecular formula is C15H20N2O. The summed E-state index contributed by atoms with van der Waals surface area (Å²) in [6.45, 7) is 2.26. The third-order valence-electron chi connectivity index (χ3n) is 4.27. The van der Waals surface area contributed by atoms with Crippen LogP contribution in [-0.4, -0.2) is 5.91 Å². The van der Waals surface area contributed by atoms with Crippen LogP contribution >= 0.6 is 0 Å². The fourth-order valence-corrected chi connectivity index (χ4v) is 2.90. The second-order valence-corrected chi connectivity index (χ2v) is 5.72. The van der Waals surface area contributed by atoms with Crippen molar-refractivity contribution in [3.63, 3.8) is 0 Å². The van der Waals surface area contributed by atoms with Crippen molar-refractivity contribution in [2.45, 2.75) is 38.6 Å². The summed E-state index contributed by atoms with van der Waals surface area (Å²) in [6.07, 6.45) is 3.76. The number of amides is 1. The molecule has 1 aromatic carbocycles. The van der Waals surface area contributed by atoms with Crippen LogP contribution in [0.4, 0.5) is 5.69 Å². The van der Waals surface area contributed by atoms with Crippen molar-refractivity contribution in [1.29, 1.82) is 0 Å². The first-order valence-electron chi connectivity index (χ1n) is 6.83. The molecule has 18 heavy (non-hydrogen) atoms. The predicted octanol–water partition coefficient (Wildman–Crippen LogP) is 2.62. The molecule has 3 atom stereocenters. The number of nitrogens with one attached hydrogen (secondary N) is 1. The number of anilines is 1. The highest BCUT2D eigenvalue weighted by atomic mass is 16.1. The van der Waals surface area contributed by atoms with Gasteiger partial charge < -0.3 is 11.1 Å². The number of nitrogens with two attached hydrogens (primary N) is 1. The topological polar surface area (TPSA) is 55.1 Å². The molecule has 3 rings (SSSR count). The lowest BCUT2D eigenvalue weighted by atomic mass is 9.97. The first-order valence-corrected chi connectivity index (χ1v) is 6.83. The lowest BCUT2D eigenvalue weighted by Crippen LogP contribution is -2.14. The van der Waals surface area contributed by atoms with Gasteiger partial charge in [0.2, 0.25) is 5.91 Å². The first kappa shape index (κ1) is 11.7. The highest BCUT2D eigenvalue weighted by molar-refractivity contribution is 5.92. The van der Waals surface area contributed by atoms with Crippen LogP contribution in [0.3, 0.4) is 0 Å². The Morgan fingerprint density at radius 1 is 1.39 bits per heavy atom. The molecule has 1 amide bonds. The van der Waals surface area contributed by atoms with E-state index in [1.807, 2.05) is 6.07 Å². The quantitative estimate of drug-likeness (QED) is 0.840. The summed E-state index contributed by atoms with van der Waals surface area (Å²) in [5.41, 5.74) is 9.73. The Kier molecular flexibility index (Phi) is 2.86. The second kappa shape index (κ2) is 4.39. The van der Waals surface area contributed by atoms with E-state index < -0.39 is 0 Å². The number of benzene rings is 1. The molecule has 0 spiro atoms. The standard InChI is InChI=1S/C15H20N2O/c1-9-7-12(9)15(16)11-5-6-13-10(8-11)3-2-4-14(18)17-13/h5-6,8-9,12,15H,2-4,7,16H2,1H3,(H,17,18). The van der Waals surface area contributed by atoms with E-state index in [4.69, 9.17) is 5.73 Å². The van der Waals surface area contributed by atoms with Crippen molar-refractivity contribution in [2.75, 3.05) is 5.32 Å². The summed E-state index contributed by atoms with van der Waals surface area (Å²) < 4.78 is 0. The molecule has 1 fully saturated rings. The summed E-state index contributed by atoms with van der Waals surface area (Å²) >= 11 is 0. The predicted molar refractivity (Wildman–Crippen MR) is 72.2 cm³/mol. The zero-order chi connectivity index (χ0) is 12.7. The Bertz CT molecular complexity index is 483. The van der Waals surface area contributed by atoms with Gasteiger partial charge in [0.05, 0.1) is 0 Å². The first-order chi connectivity index (χ1) is 8.65. The minimum absolute atomic E-state index is 0.126. The number of hydrogen-bond acceptors (Lipinski definition) is 2. The van der Waals surface area contributed by atoms with E-state index in [0.29, 0.717) is 12.3 Å². The van der Waals surface area contributed by atoms with Gasteiger partial charge in [-0.3, -0.25) is 4.79 Å². The number of carbonyl (C=O) groups excluding carboxylic acids is 1. The molecule has 1 aromatic rings. The summed E-state index contributed by atoms with van der Waals surface area (Å²) in [7, 11) is 0. The van der Waals surface area contributed by atoms with Crippen LogP contribution in [-0.2, 0) is 11.2 Å². The molecule has 3 unspecified atom stereocenters. The number of rotatable bonds is 2. The molecule has 3 N–H and O–H groups in total. The summed E-state index contributed by atoms with van der Waals surface area (Å²) in [6, 6.07) is 6.43. The summed E-state index contributed by atoms with van der Waals surface area (Å²) in [5.74, 6) is 1.53. The number of carbonyl (C=O) groups is 1. The van der Waals surface area contributed by atoms with E-state index in [2.05, 4.69) is 24.4 Å². The maximum absolute atomic E-state index is 11.5. The molecule has 0 aromatic heterocycles. The Hall–Kier alpha value is -1.35. The largest absolute Gasteiger partial charge is 0.326 e. The lowest BCUT2D eigenvalue weighted by Gasteiger charge is -2.15. The Balaban J connectivity index is 1.86. The molecule has 0 saturated heterocycles. The van der Waals surface area contributed by atoms with Crippen LogP contribution in [0.5, 0.6) is 0 Å². The third-order valence-corrected chi connectivity index (χ3v) is 4.27. The molecule has 1 saturated carbocycles. The van der Waals surface area contributed by atoms with Gasteiger partial charge in [0.25, 0.3) is 0 Å². The van der Waals surface area contributed by atoms with Crippen molar-refractivity contribution in [2.24, 2.45) is 17.6 Å². The van der Waals surface area contributed by atoms with Gasteiger partial charge in [0, 0.05) is 18.2 Å². The Morgan fingerprint density at radius 3 is 2.89 bits per heavy atom. The summed E-state index contributed by atoms with van der Waals surface area (Å²) in [4.78, 5) is 11.5. The molecule has 3 nitrogen and oxygen atoms in total. The van der Waals surface area contributed by atoms with Gasteiger partial charge in [-0.1, -0.05) is 19.1 Å². The molecule has 1 aliphatic heterocycles. The van der Waals surface area contributed by atoms with Crippen LogP contribution in [0.2, 0.25) is 0 Å². The highest BCUT2D eigenvalue weighted by Gasteiger charge is 2.38. The zero-order valence-electron chi connectivity index (χ0n) is 10.8. The van der Waals surface area contributed by atoms with Crippen molar-refractivity contribution < 1.29 is 4.79 Å². The van der Waals surface area contributed by atoms with E-state index >= 15 is 0 Å². The van der Waals surface area contributed by atoms with Crippen LogP contribution < -0.4 is 11.1 Å². The van der Waals surface area contributed by atoms with E-state index in [9.17, 15) is 4.79 Å². The third kappa shape index (κ3) is 2.15. The Morgan fingerprint density at radius 2 is 2.17 bits per heavy atom. The highest BCUT2D eigenvalue weighted by Crippen LogP contribution is 2.46. The van der Waals surface area contributed by atoms with Crippen molar-refractivity contribution in [1.82, 2.24) is 0 Å². The maximum atomic E-state index is 11.5. The molecule has 1 aliphatic carbocycles. The molecule has 0 radical (unpaired) electrons. The number of fused-ring (bicyclic) bond motifs is 1. The van der Waals surface area contributed by atoms with Gasteiger partial charge in [0.1, 0.15) is 0 Å². The molecule has 96 valence electrons. The molecule has 1 heterocycles. The average Bonchev–Trinajstić information content (AvgIpc) is 3.09. The van der Waals surface area contributed by atoms with Crippen LogP contribution in [0.25, 0.3) is 0 Å². The van der Waals surface area contributed by atoms with E-state index in [-0.39, 0.29) is 11.9 Å². The van der Waals surface area contributed by atoms with Crippen molar-refractivity contribution in [3.05, 3.63) is 29.3 Å². The minimum atomic E-state index is 0.126. The summed E-state index contributed by atoms with van der Waals surface area (Å²) in [5, 5.41) is 2.96. The van der Waals surface area contributed by atoms with Crippen molar-refractivity contribution in [3.8, 4) is 0 Å². The van der Waals surface area contributed by atoms with Crippen LogP contribution in [0.15, 0.2) is 18.2 Å². The zero-order valence-corrected chi connectivity index (χ0v) is 10.8. The monoisotopic (exact) mass is 244 g/mol. The lowest BCUT2D eigenvalue weighted by molar-refractivity contribution is -0.116. The Labute approximate surface area is 108 Å². The normalized spacial score (nSPS) is 28.0. The molecule has 2 aliphatic rings.